The van der Waals surface area contributed by atoms with E-state index in [1.54, 1.807) is 36.4 Å². The van der Waals surface area contributed by atoms with Gasteiger partial charge in [0.15, 0.2) is 6.29 Å². The van der Waals surface area contributed by atoms with Crippen LogP contribution < -0.4 is 5.32 Å². The molecule has 3 aromatic rings. The van der Waals surface area contributed by atoms with Crippen LogP contribution in [-0.4, -0.2) is 63.4 Å². The number of carboxylic acid groups (broad SMARTS) is 1. The summed E-state index contributed by atoms with van der Waals surface area (Å²) in [6.45, 7) is 0.823. The number of rotatable bonds is 14. The van der Waals surface area contributed by atoms with Gasteiger partial charge in [-0.05, 0) is 60.8 Å². The van der Waals surface area contributed by atoms with Crippen LogP contribution in [-0.2, 0) is 25.7 Å². The number of carbonyl (C=O) groups excluding carboxylic acids is 1. The van der Waals surface area contributed by atoms with Gasteiger partial charge in [-0.25, -0.2) is 0 Å². The number of nitrogens with one attached hydrogen (secondary N) is 1. The first-order valence-corrected chi connectivity index (χ1v) is 14.5. The zero-order chi connectivity index (χ0) is 30.8. The third-order valence-corrected chi connectivity index (χ3v) is 7.38. The van der Waals surface area contributed by atoms with Crippen molar-refractivity contribution < 1.29 is 39.5 Å². The first-order chi connectivity index (χ1) is 20.7. The molecule has 0 aliphatic carbocycles. The lowest BCUT2D eigenvalue weighted by Crippen LogP contribution is -2.39. The number of aliphatic hydroxyl groups excluding tert-OH is 2. The molecule has 10 heteroatoms. The van der Waals surface area contributed by atoms with Crippen molar-refractivity contribution in [3.05, 3.63) is 95.1 Å². The maximum absolute atomic E-state index is 12.3. The topological polar surface area (TPSA) is 149 Å². The highest BCUT2D eigenvalue weighted by molar-refractivity contribution is 5.90. The molecule has 4 rings (SSSR count). The number of unbranched alkanes of at least 4 members (excludes halogenated alkanes) is 1. The quantitative estimate of drug-likeness (QED) is 0.168. The predicted molar refractivity (Wildman–Crippen MR) is 160 cm³/mol. The van der Waals surface area contributed by atoms with Crippen molar-refractivity contribution in [1.29, 1.82) is 0 Å². The molecule has 0 radical (unpaired) electrons. The largest absolute Gasteiger partial charge is 0.508 e. The number of hydrogen-bond donors (Lipinski definition) is 5. The molecule has 4 unspecified atom stereocenters. The molecular formula is C33H40N2O8. The van der Waals surface area contributed by atoms with E-state index in [1.165, 1.54) is 0 Å². The van der Waals surface area contributed by atoms with Crippen molar-refractivity contribution in [2.45, 2.75) is 63.3 Å². The summed E-state index contributed by atoms with van der Waals surface area (Å²) in [5, 5.41) is 41.5. The van der Waals surface area contributed by atoms with Crippen molar-refractivity contribution in [1.82, 2.24) is 4.90 Å². The Balaban J connectivity index is 1.42. The Labute approximate surface area is 251 Å². The molecule has 5 N–H and O–H groups in total. The minimum absolute atomic E-state index is 0.0440. The fourth-order valence-electron chi connectivity index (χ4n) is 5.10. The van der Waals surface area contributed by atoms with Gasteiger partial charge >= 0.3 is 5.97 Å². The maximum Gasteiger partial charge on any atom is 0.303 e. The summed E-state index contributed by atoms with van der Waals surface area (Å²) < 4.78 is 12.8. The Kier molecular flexibility index (Phi) is 11.7. The number of carbonyl (C=O) groups is 2. The predicted octanol–water partition coefficient (Wildman–Crippen LogP) is 4.68. The number of likely N-dealkylation sites (N-methyl/N-ethyl adjacent to an activating group) is 1. The van der Waals surface area contributed by atoms with Crippen LogP contribution in [0.15, 0.2) is 72.8 Å². The van der Waals surface area contributed by atoms with Gasteiger partial charge in [-0.2, -0.15) is 0 Å². The molecule has 1 aliphatic rings. The minimum atomic E-state index is -0.868. The van der Waals surface area contributed by atoms with E-state index in [1.807, 2.05) is 48.3 Å². The van der Waals surface area contributed by atoms with Crippen LogP contribution in [0.5, 0.6) is 5.75 Å². The number of phenols is 1. The minimum Gasteiger partial charge on any atom is -0.508 e. The Morgan fingerprint density at radius 3 is 2.35 bits per heavy atom. The normalized spacial score (nSPS) is 19.2. The summed E-state index contributed by atoms with van der Waals surface area (Å²) in [7, 11) is 1.91. The van der Waals surface area contributed by atoms with E-state index < -0.39 is 18.4 Å². The monoisotopic (exact) mass is 592 g/mol. The highest BCUT2D eigenvalue weighted by Gasteiger charge is 2.33. The number of aromatic hydroxyl groups is 1. The van der Waals surface area contributed by atoms with Crippen molar-refractivity contribution in [2.75, 3.05) is 25.5 Å². The highest BCUT2D eigenvalue weighted by atomic mass is 16.7. The second kappa shape index (κ2) is 15.6. The van der Waals surface area contributed by atoms with Crippen molar-refractivity contribution in [3.63, 3.8) is 0 Å². The van der Waals surface area contributed by atoms with Gasteiger partial charge in [0.25, 0.3) is 0 Å². The Morgan fingerprint density at radius 2 is 1.67 bits per heavy atom. The number of amides is 1. The van der Waals surface area contributed by atoms with Crippen LogP contribution in [0.3, 0.4) is 0 Å². The van der Waals surface area contributed by atoms with Crippen molar-refractivity contribution in [3.8, 4) is 5.75 Å². The van der Waals surface area contributed by atoms with Crippen LogP contribution in [0.2, 0.25) is 0 Å². The lowest BCUT2D eigenvalue weighted by atomic mass is 9.99. The number of benzene rings is 3. The van der Waals surface area contributed by atoms with Crippen LogP contribution >= 0.6 is 0 Å². The summed E-state index contributed by atoms with van der Waals surface area (Å²) in [4.78, 5) is 24.9. The SMILES string of the molecule is CN(CC1CC(c2ccc(CO)cc2)OC(c2ccc(NC(=O)CCCCC(=O)O)cc2)O1)CC(O)c1cccc(O)c1. The average Bonchev–Trinajstić information content (AvgIpc) is 2.99. The van der Waals surface area contributed by atoms with Gasteiger partial charge in [-0.3, -0.25) is 9.59 Å². The molecule has 1 amide bonds. The van der Waals surface area contributed by atoms with E-state index in [0.717, 1.165) is 16.7 Å². The smallest absolute Gasteiger partial charge is 0.303 e. The summed E-state index contributed by atoms with van der Waals surface area (Å²) in [5.41, 5.74) is 3.81. The number of hydrogen-bond acceptors (Lipinski definition) is 8. The molecule has 0 aromatic heterocycles. The molecule has 3 aromatic carbocycles. The van der Waals surface area contributed by atoms with E-state index >= 15 is 0 Å². The zero-order valence-electron chi connectivity index (χ0n) is 24.3. The number of phenolic OH excluding ortho intramolecular Hbond substituents is 1. The number of aliphatic hydroxyl groups is 2. The molecule has 1 fully saturated rings. The molecule has 1 aliphatic heterocycles. The van der Waals surface area contributed by atoms with Crippen LogP contribution in [0.25, 0.3) is 0 Å². The van der Waals surface area contributed by atoms with Gasteiger partial charge in [0.1, 0.15) is 5.75 Å². The van der Waals surface area contributed by atoms with Crippen molar-refractivity contribution in [2.24, 2.45) is 0 Å². The van der Waals surface area contributed by atoms with Crippen LogP contribution in [0, 0.1) is 0 Å². The standard InChI is InChI=1S/C33H40N2O8/c1-35(20-29(38)25-5-4-6-27(37)17-25)19-28-18-30(23-11-9-22(21-36)10-12-23)43-33(42-28)24-13-15-26(16-14-24)34-31(39)7-2-3-8-32(40)41/h4-6,9-17,28-30,33,36-38H,2-3,7-8,18-21H2,1H3,(H,34,39)(H,40,41). The molecule has 43 heavy (non-hydrogen) atoms. The lowest BCUT2D eigenvalue weighted by Gasteiger charge is -2.38. The first-order valence-electron chi connectivity index (χ1n) is 14.5. The fraction of sp³-hybridized carbons (Fsp3) is 0.394. The number of anilines is 1. The van der Waals surface area contributed by atoms with E-state index in [2.05, 4.69) is 5.32 Å². The van der Waals surface area contributed by atoms with Gasteiger partial charge in [-0.15, -0.1) is 0 Å². The zero-order valence-corrected chi connectivity index (χ0v) is 24.3. The van der Waals surface area contributed by atoms with E-state index in [9.17, 15) is 24.9 Å². The van der Waals surface area contributed by atoms with Gasteiger partial charge in [-0.1, -0.05) is 48.5 Å². The number of carboxylic acids is 1. The Bertz CT molecular complexity index is 1330. The summed E-state index contributed by atoms with van der Waals surface area (Å²) >= 11 is 0. The summed E-state index contributed by atoms with van der Waals surface area (Å²) in [6, 6.07) is 21.5. The molecule has 0 spiro atoms. The Hall–Kier alpha value is -3.80. The summed E-state index contributed by atoms with van der Waals surface area (Å²) in [6.07, 6.45) is -0.132. The third kappa shape index (κ3) is 9.87. The molecule has 4 atom stereocenters. The second-order valence-electron chi connectivity index (χ2n) is 11.0. The summed E-state index contributed by atoms with van der Waals surface area (Å²) in [5.74, 6) is -0.941. The van der Waals surface area contributed by atoms with Crippen LogP contribution in [0.1, 0.15) is 72.9 Å². The fourth-order valence-corrected chi connectivity index (χ4v) is 5.10. The van der Waals surface area contributed by atoms with E-state index in [-0.39, 0.29) is 43.3 Å². The molecule has 0 bridgehead atoms. The molecule has 0 saturated carbocycles. The first kappa shape index (κ1) is 32.1. The molecule has 1 saturated heterocycles. The van der Waals surface area contributed by atoms with Gasteiger partial charge in [0.2, 0.25) is 5.91 Å². The van der Waals surface area contributed by atoms with Crippen molar-refractivity contribution >= 4 is 17.6 Å². The van der Waals surface area contributed by atoms with E-state index in [0.29, 0.717) is 43.6 Å². The molecule has 10 nitrogen and oxygen atoms in total. The Morgan fingerprint density at radius 1 is 0.977 bits per heavy atom. The van der Waals surface area contributed by atoms with E-state index in [4.69, 9.17) is 14.6 Å². The highest BCUT2D eigenvalue weighted by Crippen LogP contribution is 2.38. The van der Waals surface area contributed by atoms with Gasteiger partial charge < -0.3 is 40.1 Å². The number of aliphatic carboxylic acids is 1. The molecule has 1 heterocycles. The molecule has 230 valence electrons. The average molecular weight is 593 g/mol. The van der Waals surface area contributed by atoms with Crippen LogP contribution in [0.4, 0.5) is 5.69 Å². The maximum atomic E-state index is 12.3. The number of nitrogens with zero attached hydrogens (tertiary/aromatic N) is 1. The number of ether oxygens (including phenoxy) is 2. The third-order valence-electron chi connectivity index (χ3n) is 7.38. The molecular weight excluding hydrogens is 552 g/mol. The lowest BCUT2D eigenvalue weighted by molar-refractivity contribution is -0.252. The second-order valence-corrected chi connectivity index (χ2v) is 11.0. The van der Waals surface area contributed by atoms with Gasteiger partial charge in [0.05, 0.1) is 24.9 Å². The van der Waals surface area contributed by atoms with Gasteiger partial charge in [0, 0.05) is 43.6 Å².